The van der Waals surface area contributed by atoms with E-state index in [1.165, 1.54) is 25.3 Å². The van der Waals surface area contributed by atoms with Crippen LogP contribution in [0.1, 0.15) is 51.3 Å². The number of halogens is 3. The van der Waals surface area contributed by atoms with Crippen molar-refractivity contribution >= 4 is 11.4 Å². The van der Waals surface area contributed by atoms with Gasteiger partial charge in [0.25, 0.3) is 0 Å². The predicted octanol–water partition coefficient (Wildman–Crippen LogP) is 4.22. The number of hydrogen-bond donors (Lipinski definition) is 1. The van der Waals surface area contributed by atoms with E-state index in [2.05, 4.69) is 4.72 Å². The average Bonchev–Trinajstić information content (AvgIpc) is 2.41. The SMILES string of the molecule is CCC(N[S+]([O-])C(C)(C)C)c1cccc(OC)c1C(F)(F)F. The number of ether oxygens (including phenoxy) is 1. The lowest BCUT2D eigenvalue weighted by molar-refractivity contribution is -0.139. The zero-order chi connectivity index (χ0) is 17.1. The molecule has 0 aliphatic rings. The first-order chi connectivity index (χ1) is 10.0. The standard InChI is InChI=1S/C15H22F3NO2S/c1-6-11(19-22(20)14(2,3)4)10-8-7-9-12(21-5)13(10)15(16,17)18/h7-9,11,19H,6H2,1-5H3. The van der Waals surface area contributed by atoms with Crippen LogP contribution in [0.5, 0.6) is 5.75 Å². The molecule has 22 heavy (non-hydrogen) atoms. The van der Waals surface area contributed by atoms with Crippen LogP contribution in [-0.4, -0.2) is 16.4 Å². The van der Waals surface area contributed by atoms with E-state index in [0.29, 0.717) is 6.42 Å². The second kappa shape index (κ2) is 7.10. The van der Waals surface area contributed by atoms with Crippen molar-refractivity contribution in [1.29, 1.82) is 0 Å². The van der Waals surface area contributed by atoms with E-state index in [1.807, 2.05) is 0 Å². The number of methoxy groups -OCH3 is 1. The highest BCUT2D eigenvalue weighted by Gasteiger charge is 2.40. The summed E-state index contributed by atoms with van der Waals surface area (Å²) in [5.74, 6) is -0.230. The molecule has 1 aromatic rings. The van der Waals surface area contributed by atoms with Crippen LogP contribution < -0.4 is 9.46 Å². The van der Waals surface area contributed by atoms with Gasteiger partial charge >= 0.3 is 6.18 Å². The molecule has 1 aromatic carbocycles. The van der Waals surface area contributed by atoms with Crippen molar-refractivity contribution in [1.82, 2.24) is 4.72 Å². The molecule has 0 spiro atoms. The molecule has 0 saturated carbocycles. The Morgan fingerprint density at radius 2 is 1.86 bits per heavy atom. The lowest BCUT2D eigenvalue weighted by Gasteiger charge is -2.29. The first-order valence-corrected chi connectivity index (χ1v) is 8.09. The minimum absolute atomic E-state index is 0.0481. The van der Waals surface area contributed by atoms with Gasteiger partial charge in [-0.2, -0.15) is 13.2 Å². The quantitative estimate of drug-likeness (QED) is 0.818. The fourth-order valence-corrected chi connectivity index (χ4v) is 2.89. The van der Waals surface area contributed by atoms with Crippen LogP contribution in [0, 0.1) is 0 Å². The Bertz CT molecular complexity index is 501. The second-order valence-electron chi connectivity index (χ2n) is 5.88. The maximum Gasteiger partial charge on any atom is 0.420 e. The average molecular weight is 337 g/mol. The molecule has 0 fully saturated rings. The Labute approximate surface area is 132 Å². The van der Waals surface area contributed by atoms with Crippen LogP contribution in [0.2, 0.25) is 0 Å². The second-order valence-corrected chi connectivity index (χ2v) is 7.88. The number of benzene rings is 1. The van der Waals surface area contributed by atoms with Crippen LogP contribution in [0.15, 0.2) is 18.2 Å². The third-order valence-corrected chi connectivity index (χ3v) is 4.76. The third kappa shape index (κ3) is 4.54. The van der Waals surface area contributed by atoms with Crippen molar-refractivity contribution in [2.45, 2.75) is 51.1 Å². The molecule has 1 rings (SSSR count). The lowest BCUT2D eigenvalue weighted by Crippen LogP contribution is -2.41. The first-order valence-electron chi connectivity index (χ1n) is 6.94. The number of nitrogens with one attached hydrogen (secondary N) is 1. The molecule has 2 atom stereocenters. The van der Waals surface area contributed by atoms with Gasteiger partial charge in [-0.1, -0.05) is 19.1 Å². The molecule has 0 radical (unpaired) electrons. The van der Waals surface area contributed by atoms with E-state index in [4.69, 9.17) is 4.74 Å². The smallest absolute Gasteiger partial charge is 0.420 e. The normalized spacial score (nSPS) is 15.5. The van der Waals surface area contributed by atoms with Crippen LogP contribution in [0.4, 0.5) is 13.2 Å². The van der Waals surface area contributed by atoms with E-state index in [9.17, 15) is 17.7 Å². The van der Waals surface area contributed by atoms with Crippen molar-refractivity contribution in [3.8, 4) is 5.75 Å². The summed E-state index contributed by atoms with van der Waals surface area (Å²) in [7, 11) is 1.20. The van der Waals surface area contributed by atoms with Crippen LogP contribution in [0.25, 0.3) is 0 Å². The van der Waals surface area contributed by atoms with Crippen molar-refractivity contribution in [2.75, 3.05) is 7.11 Å². The van der Waals surface area contributed by atoms with Gasteiger partial charge < -0.3 is 9.29 Å². The van der Waals surface area contributed by atoms with Gasteiger partial charge in [0, 0.05) is 11.4 Å². The summed E-state index contributed by atoms with van der Waals surface area (Å²) >= 11 is -1.47. The van der Waals surface area contributed by atoms with Crippen LogP contribution >= 0.6 is 0 Å². The van der Waals surface area contributed by atoms with Gasteiger partial charge in [-0.15, -0.1) is 4.72 Å². The maximum atomic E-state index is 13.4. The highest BCUT2D eigenvalue weighted by molar-refractivity contribution is 7.90. The Morgan fingerprint density at radius 3 is 2.27 bits per heavy atom. The fourth-order valence-electron chi connectivity index (χ4n) is 1.98. The highest BCUT2D eigenvalue weighted by atomic mass is 32.2. The maximum absolute atomic E-state index is 13.4. The van der Waals surface area contributed by atoms with Gasteiger partial charge in [0.15, 0.2) is 0 Å². The van der Waals surface area contributed by atoms with E-state index in [1.54, 1.807) is 27.7 Å². The summed E-state index contributed by atoms with van der Waals surface area (Å²) in [5.41, 5.74) is -0.769. The molecular formula is C15H22F3NO2S. The van der Waals surface area contributed by atoms with Crippen LogP contribution in [0.3, 0.4) is 0 Å². The molecule has 0 heterocycles. The summed E-state index contributed by atoms with van der Waals surface area (Å²) in [6, 6.07) is 3.51. The molecule has 3 nitrogen and oxygen atoms in total. The van der Waals surface area contributed by atoms with Crippen molar-refractivity contribution in [3.63, 3.8) is 0 Å². The molecule has 2 unspecified atom stereocenters. The molecule has 1 N–H and O–H groups in total. The number of rotatable bonds is 5. The zero-order valence-electron chi connectivity index (χ0n) is 13.4. The summed E-state index contributed by atoms with van der Waals surface area (Å²) in [4.78, 5) is 0. The monoisotopic (exact) mass is 337 g/mol. The van der Waals surface area contributed by atoms with Gasteiger partial charge in [-0.25, -0.2) is 0 Å². The van der Waals surface area contributed by atoms with Crippen molar-refractivity contribution < 1.29 is 22.5 Å². The zero-order valence-corrected chi connectivity index (χ0v) is 14.2. The fraction of sp³-hybridized carbons (Fsp3) is 0.600. The summed E-state index contributed by atoms with van der Waals surface area (Å²) in [6.07, 6.45) is -4.17. The van der Waals surface area contributed by atoms with Crippen molar-refractivity contribution in [2.24, 2.45) is 0 Å². The van der Waals surface area contributed by atoms with E-state index >= 15 is 0 Å². The Kier molecular flexibility index (Phi) is 6.18. The molecule has 126 valence electrons. The van der Waals surface area contributed by atoms with Gasteiger partial charge in [-0.05, 0) is 38.8 Å². The third-order valence-electron chi connectivity index (χ3n) is 3.15. The van der Waals surface area contributed by atoms with Gasteiger partial charge in [0.05, 0.1) is 13.2 Å². The minimum Gasteiger partial charge on any atom is -0.598 e. The first kappa shape index (κ1) is 19.1. The van der Waals surface area contributed by atoms with E-state index in [0.717, 1.165) is 0 Å². The topological polar surface area (TPSA) is 44.3 Å². The Morgan fingerprint density at radius 1 is 1.27 bits per heavy atom. The molecule has 0 aliphatic heterocycles. The lowest BCUT2D eigenvalue weighted by atomic mass is 9.98. The van der Waals surface area contributed by atoms with Crippen LogP contribution in [-0.2, 0) is 17.5 Å². The predicted molar refractivity (Wildman–Crippen MR) is 82.1 cm³/mol. The van der Waals surface area contributed by atoms with Gasteiger partial charge in [-0.3, -0.25) is 0 Å². The van der Waals surface area contributed by atoms with Crippen molar-refractivity contribution in [3.05, 3.63) is 29.3 Å². The largest absolute Gasteiger partial charge is 0.598 e. The Hall–Kier alpha value is -0.920. The molecule has 0 amide bonds. The van der Waals surface area contributed by atoms with E-state index in [-0.39, 0.29) is 11.3 Å². The Balaban J connectivity index is 3.28. The highest BCUT2D eigenvalue weighted by Crippen LogP contribution is 2.41. The molecular weight excluding hydrogens is 315 g/mol. The van der Waals surface area contributed by atoms with Gasteiger partial charge in [0.2, 0.25) is 0 Å². The van der Waals surface area contributed by atoms with E-state index < -0.39 is 33.9 Å². The molecule has 0 bridgehead atoms. The number of alkyl halides is 3. The molecule has 0 saturated heterocycles. The molecule has 0 aliphatic carbocycles. The number of hydrogen-bond acceptors (Lipinski definition) is 3. The van der Waals surface area contributed by atoms with Gasteiger partial charge in [0.1, 0.15) is 16.1 Å². The molecule has 7 heteroatoms. The summed E-state index contributed by atoms with van der Waals surface area (Å²) in [5, 5.41) is 0. The minimum atomic E-state index is -4.54. The summed E-state index contributed by atoms with van der Waals surface area (Å²) in [6.45, 7) is 7.04. The summed E-state index contributed by atoms with van der Waals surface area (Å²) < 4.78 is 59.4. The molecule has 0 aromatic heterocycles.